The quantitative estimate of drug-likeness (QED) is 0.308. The van der Waals surface area contributed by atoms with Crippen LogP contribution in [0.4, 0.5) is 0 Å². The zero-order valence-electron chi connectivity index (χ0n) is 5.16. The number of epoxide rings is 1. The lowest BCUT2D eigenvalue weighted by atomic mass is 10.5. The van der Waals surface area contributed by atoms with Gasteiger partial charge >= 0.3 is 5.97 Å². The SMILES string of the molecule is CC=CC(=O)OC1CO1. The fourth-order valence-corrected chi connectivity index (χ4v) is 0.412. The third-order valence-corrected chi connectivity index (χ3v) is 0.853. The zero-order valence-corrected chi connectivity index (χ0v) is 5.16. The van der Waals surface area contributed by atoms with Crippen molar-refractivity contribution >= 4 is 5.97 Å². The van der Waals surface area contributed by atoms with Crippen LogP contribution in [0.5, 0.6) is 0 Å². The van der Waals surface area contributed by atoms with E-state index in [1.165, 1.54) is 6.08 Å². The van der Waals surface area contributed by atoms with E-state index in [1.54, 1.807) is 13.0 Å². The molecule has 1 fully saturated rings. The van der Waals surface area contributed by atoms with Gasteiger partial charge in [-0.3, -0.25) is 0 Å². The van der Waals surface area contributed by atoms with Crippen LogP contribution in [0.3, 0.4) is 0 Å². The monoisotopic (exact) mass is 128 g/mol. The van der Waals surface area contributed by atoms with Gasteiger partial charge in [0.15, 0.2) is 0 Å². The van der Waals surface area contributed by atoms with Gasteiger partial charge in [-0.2, -0.15) is 0 Å². The summed E-state index contributed by atoms with van der Waals surface area (Å²) in [7, 11) is 0. The van der Waals surface area contributed by atoms with E-state index in [0.29, 0.717) is 6.61 Å². The highest BCUT2D eigenvalue weighted by atomic mass is 16.8. The maximum atomic E-state index is 10.5. The van der Waals surface area contributed by atoms with E-state index in [0.717, 1.165) is 0 Å². The van der Waals surface area contributed by atoms with Crippen molar-refractivity contribution in [3.8, 4) is 0 Å². The molecular formula is C6H8O3. The van der Waals surface area contributed by atoms with Gasteiger partial charge in [-0.25, -0.2) is 4.79 Å². The number of ether oxygens (including phenoxy) is 2. The summed E-state index contributed by atoms with van der Waals surface area (Å²) in [5.41, 5.74) is 0. The molecule has 3 nitrogen and oxygen atoms in total. The summed E-state index contributed by atoms with van der Waals surface area (Å²) in [6, 6.07) is 0. The number of hydrogen-bond donors (Lipinski definition) is 0. The molecule has 0 amide bonds. The molecule has 0 aromatic rings. The van der Waals surface area contributed by atoms with Gasteiger partial charge in [0.2, 0.25) is 6.29 Å². The molecule has 50 valence electrons. The van der Waals surface area contributed by atoms with Crippen LogP contribution in [-0.4, -0.2) is 18.9 Å². The van der Waals surface area contributed by atoms with Crippen LogP contribution in [-0.2, 0) is 14.3 Å². The standard InChI is InChI=1S/C6H8O3/c1-2-3-5(7)9-6-4-8-6/h2-3,6H,4H2,1H3. The average molecular weight is 128 g/mol. The molecule has 1 saturated heterocycles. The summed E-state index contributed by atoms with van der Waals surface area (Å²) >= 11 is 0. The number of rotatable bonds is 2. The zero-order chi connectivity index (χ0) is 6.69. The molecule has 0 aromatic carbocycles. The molecule has 3 heteroatoms. The van der Waals surface area contributed by atoms with E-state index >= 15 is 0 Å². The third-order valence-electron chi connectivity index (χ3n) is 0.853. The van der Waals surface area contributed by atoms with Gasteiger partial charge in [0, 0.05) is 6.08 Å². The lowest BCUT2D eigenvalue weighted by Crippen LogP contribution is -2.02. The molecule has 0 aliphatic carbocycles. The van der Waals surface area contributed by atoms with E-state index in [-0.39, 0.29) is 12.3 Å². The molecule has 0 bridgehead atoms. The minimum atomic E-state index is -0.333. The Morgan fingerprint density at radius 2 is 2.56 bits per heavy atom. The Morgan fingerprint density at radius 1 is 1.89 bits per heavy atom. The highest BCUT2D eigenvalue weighted by Gasteiger charge is 2.25. The molecule has 1 aliphatic rings. The first-order valence-electron chi connectivity index (χ1n) is 2.78. The third kappa shape index (κ3) is 2.28. The molecule has 1 unspecified atom stereocenters. The first-order chi connectivity index (χ1) is 4.33. The Morgan fingerprint density at radius 3 is 3.00 bits per heavy atom. The van der Waals surface area contributed by atoms with Gasteiger partial charge in [-0.15, -0.1) is 0 Å². The topological polar surface area (TPSA) is 38.8 Å². The van der Waals surface area contributed by atoms with Crippen molar-refractivity contribution in [2.45, 2.75) is 13.2 Å². The van der Waals surface area contributed by atoms with Crippen molar-refractivity contribution in [2.75, 3.05) is 6.61 Å². The Kier molecular flexibility index (Phi) is 1.85. The van der Waals surface area contributed by atoms with Crippen LogP contribution < -0.4 is 0 Å². The van der Waals surface area contributed by atoms with E-state index in [9.17, 15) is 4.79 Å². The van der Waals surface area contributed by atoms with Gasteiger partial charge in [0.1, 0.15) is 6.61 Å². The summed E-state index contributed by atoms with van der Waals surface area (Å²) in [4.78, 5) is 10.5. The van der Waals surface area contributed by atoms with Gasteiger partial charge < -0.3 is 9.47 Å². The molecule has 1 atom stereocenters. The molecule has 0 aromatic heterocycles. The van der Waals surface area contributed by atoms with Crippen molar-refractivity contribution in [2.24, 2.45) is 0 Å². The predicted molar refractivity (Wildman–Crippen MR) is 30.6 cm³/mol. The highest BCUT2D eigenvalue weighted by Crippen LogP contribution is 2.09. The van der Waals surface area contributed by atoms with Crippen LogP contribution in [0.25, 0.3) is 0 Å². The van der Waals surface area contributed by atoms with Gasteiger partial charge in [-0.1, -0.05) is 6.08 Å². The van der Waals surface area contributed by atoms with E-state index < -0.39 is 0 Å². The first kappa shape index (κ1) is 6.29. The van der Waals surface area contributed by atoms with E-state index in [4.69, 9.17) is 0 Å². The van der Waals surface area contributed by atoms with Crippen molar-refractivity contribution in [1.82, 2.24) is 0 Å². The molecule has 1 heterocycles. The molecule has 0 saturated carbocycles. The highest BCUT2D eigenvalue weighted by molar-refractivity contribution is 5.81. The lowest BCUT2D eigenvalue weighted by Gasteiger charge is -1.91. The van der Waals surface area contributed by atoms with Crippen molar-refractivity contribution < 1.29 is 14.3 Å². The normalized spacial score (nSPS) is 24.3. The molecule has 1 rings (SSSR count). The molecule has 9 heavy (non-hydrogen) atoms. The van der Waals surface area contributed by atoms with Crippen LogP contribution in [0.2, 0.25) is 0 Å². The van der Waals surface area contributed by atoms with Gasteiger partial charge in [-0.05, 0) is 6.92 Å². The van der Waals surface area contributed by atoms with Crippen molar-refractivity contribution in [1.29, 1.82) is 0 Å². The molecule has 0 radical (unpaired) electrons. The molecule has 1 aliphatic heterocycles. The van der Waals surface area contributed by atoms with Crippen molar-refractivity contribution in [3.63, 3.8) is 0 Å². The molecular weight excluding hydrogens is 120 g/mol. The predicted octanol–water partition coefficient (Wildman–Crippen LogP) is 0.462. The number of esters is 1. The number of carbonyl (C=O) groups is 1. The van der Waals surface area contributed by atoms with Gasteiger partial charge in [0.05, 0.1) is 0 Å². The second-order valence-electron chi connectivity index (χ2n) is 1.70. The molecule has 0 N–H and O–H groups in total. The average Bonchev–Trinajstić information content (AvgIpc) is 2.50. The number of hydrogen-bond acceptors (Lipinski definition) is 3. The first-order valence-corrected chi connectivity index (χ1v) is 2.78. The summed E-state index contributed by atoms with van der Waals surface area (Å²) in [6.07, 6.45) is 2.72. The minimum Gasteiger partial charge on any atom is -0.430 e. The summed E-state index contributed by atoms with van der Waals surface area (Å²) in [5, 5.41) is 0. The summed E-state index contributed by atoms with van der Waals surface area (Å²) in [5.74, 6) is -0.333. The Hall–Kier alpha value is -0.830. The number of allylic oxidation sites excluding steroid dienone is 1. The fraction of sp³-hybridized carbons (Fsp3) is 0.500. The minimum absolute atomic E-state index is 0.270. The van der Waals surface area contributed by atoms with E-state index in [2.05, 4.69) is 9.47 Å². The Balaban J connectivity index is 2.17. The number of carbonyl (C=O) groups excluding carboxylic acids is 1. The second kappa shape index (κ2) is 2.64. The van der Waals surface area contributed by atoms with Gasteiger partial charge in [0.25, 0.3) is 0 Å². The van der Waals surface area contributed by atoms with Crippen LogP contribution in [0.15, 0.2) is 12.2 Å². The Bertz CT molecular complexity index is 135. The maximum absolute atomic E-state index is 10.5. The molecule has 0 spiro atoms. The lowest BCUT2D eigenvalue weighted by molar-refractivity contribution is -0.142. The van der Waals surface area contributed by atoms with Crippen LogP contribution >= 0.6 is 0 Å². The van der Waals surface area contributed by atoms with Crippen LogP contribution in [0, 0.1) is 0 Å². The van der Waals surface area contributed by atoms with E-state index in [1.807, 2.05) is 0 Å². The maximum Gasteiger partial charge on any atom is 0.332 e. The van der Waals surface area contributed by atoms with Crippen LogP contribution in [0.1, 0.15) is 6.92 Å². The Labute approximate surface area is 53.3 Å². The smallest absolute Gasteiger partial charge is 0.332 e. The largest absolute Gasteiger partial charge is 0.430 e. The summed E-state index contributed by atoms with van der Waals surface area (Å²) in [6.45, 7) is 2.30. The second-order valence-corrected chi connectivity index (χ2v) is 1.70. The summed E-state index contributed by atoms with van der Waals surface area (Å²) < 4.78 is 9.30. The fourth-order valence-electron chi connectivity index (χ4n) is 0.412. The van der Waals surface area contributed by atoms with Crippen molar-refractivity contribution in [3.05, 3.63) is 12.2 Å².